The molecule has 0 saturated carbocycles. The first-order valence-electron chi connectivity index (χ1n) is 2.70. The lowest BCUT2D eigenvalue weighted by Crippen LogP contribution is -1.97. The molecule has 8 heavy (non-hydrogen) atoms. The molecule has 0 nitrogen and oxygen atoms in total. The van der Waals surface area contributed by atoms with Crippen molar-refractivity contribution in [3.05, 3.63) is 12.2 Å². The third-order valence-electron chi connectivity index (χ3n) is 0.680. The van der Waals surface area contributed by atoms with Crippen molar-refractivity contribution < 1.29 is 0 Å². The summed E-state index contributed by atoms with van der Waals surface area (Å²) in [5, 5.41) is 0. The fourth-order valence-electron chi connectivity index (χ4n) is 0.298. The molecule has 0 radical (unpaired) electrons. The van der Waals surface area contributed by atoms with E-state index in [0.29, 0.717) is 0 Å². The van der Waals surface area contributed by atoms with Gasteiger partial charge in [-0.1, -0.05) is 32.8 Å². The van der Waals surface area contributed by atoms with Crippen LogP contribution in [0.25, 0.3) is 0 Å². The topological polar surface area (TPSA) is 0 Å². The van der Waals surface area contributed by atoms with E-state index in [4.69, 9.17) is 6.42 Å². The molecule has 0 N–H and O–H groups in total. The largest absolute Gasteiger partial charge is 0.115 e. The molecule has 0 fully saturated rings. The van der Waals surface area contributed by atoms with Crippen LogP contribution >= 0.6 is 0 Å². The van der Waals surface area contributed by atoms with Crippen molar-refractivity contribution in [2.45, 2.75) is 20.8 Å². The highest BCUT2D eigenvalue weighted by Crippen LogP contribution is 2.13. The molecule has 0 aromatic heterocycles. The van der Waals surface area contributed by atoms with Gasteiger partial charge in [0.05, 0.1) is 0 Å². The molecule has 0 bridgehead atoms. The summed E-state index contributed by atoms with van der Waals surface area (Å²) < 4.78 is 0. The Morgan fingerprint density at radius 2 is 1.88 bits per heavy atom. The SMILES string of the molecule is C#CC=CC(C)(C)C. The Labute approximate surface area is 51.6 Å². The third kappa shape index (κ3) is 5.30. The van der Waals surface area contributed by atoms with Crippen LogP contribution in [-0.2, 0) is 0 Å². The normalized spacial score (nSPS) is 11.8. The lowest BCUT2D eigenvalue weighted by molar-refractivity contribution is 0.544. The van der Waals surface area contributed by atoms with Crippen LogP contribution in [0.4, 0.5) is 0 Å². The summed E-state index contributed by atoms with van der Waals surface area (Å²) in [6.45, 7) is 6.34. The summed E-state index contributed by atoms with van der Waals surface area (Å²) >= 11 is 0. The van der Waals surface area contributed by atoms with E-state index in [-0.39, 0.29) is 5.41 Å². The van der Waals surface area contributed by atoms with E-state index < -0.39 is 0 Å². The summed E-state index contributed by atoms with van der Waals surface area (Å²) in [5.74, 6) is 2.44. The number of hydrogen-bond acceptors (Lipinski definition) is 0. The van der Waals surface area contributed by atoms with Gasteiger partial charge in [0, 0.05) is 0 Å². The Balaban J connectivity index is 3.75. The predicted octanol–water partition coefficient (Wildman–Crippen LogP) is 2.22. The Morgan fingerprint density at radius 1 is 1.38 bits per heavy atom. The Bertz CT molecular complexity index is 116. The molecule has 0 heteroatoms. The Hall–Kier alpha value is -0.700. The lowest BCUT2D eigenvalue weighted by atomic mass is 9.97. The molecule has 0 spiro atoms. The fourth-order valence-corrected chi connectivity index (χ4v) is 0.298. The van der Waals surface area contributed by atoms with E-state index >= 15 is 0 Å². The first-order chi connectivity index (χ1) is 3.56. The minimum Gasteiger partial charge on any atom is -0.115 e. The van der Waals surface area contributed by atoms with Crippen molar-refractivity contribution in [3.63, 3.8) is 0 Å². The summed E-state index contributed by atoms with van der Waals surface area (Å²) in [4.78, 5) is 0. The summed E-state index contributed by atoms with van der Waals surface area (Å²) in [7, 11) is 0. The van der Waals surface area contributed by atoms with Gasteiger partial charge in [-0.05, 0) is 11.5 Å². The average Bonchev–Trinajstić information content (AvgIpc) is 1.59. The van der Waals surface area contributed by atoms with Gasteiger partial charge in [-0.15, -0.1) is 6.42 Å². The smallest absolute Gasteiger partial charge is 0.0156 e. The van der Waals surface area contributed by atoms with Crippen LogP contribution in [0.3, 0.4) is 0 Å². The summed E-state index contributed by atoms with van der Waals surface area (Å²) in [5.41, 5.74) is 0.229. The van der Waals surface area contributed by atoms with Crippen molar-refractivity contribution in [1.29, 1.82) is 0 Å². The first kappa shape index (κ1) is 7.30. The van der Waals surface area contributed by atoms with Crippen molar-refractivity contribution >= 4 is 0 Å². The molecular weight excluding hydrogens is 96.1 g/mol. The van der Waals surface area contributed by atoms with Gasteiger partial charge in [-0.2, -0.15) is 0 Å². The third-order valence-corrected chi connectivity index (χ3v) is 0.680. The van der Waals surface area contributed by atoms with Gasteiger partial charge in [-0.25, -0.2) is 0 Å². The molecule has 0 rings (SSSR count). The highest BCUT2D eigenvalue weighted by Gasteiger charge is 2.01. The zero-order valence-electron chi connectivity index (χ0n) is 5.73. The second-order valence-corrected chi connectivity index (χ2v) is 2.87. The summed E-state index contributed by atoms with van der Waals surface area (Å²) in [6.07, 6.45) is 8.74. The zero-order chi connectivity index (χ0) is 6.62. The van der Waals surface area contributed by atoms with Crippen LogP contribution in [-0.4, -0.2) is 0 Å². The molecular formula is C8H12. The first-order valence-corrected chi connectivity index (χ1v) is 2.70. The van der Waals surface area contributed by atoms with Gasteiger partial charge in [0.25, 0.3) is 0 Å². The van der Waals surface area contributed by atoms with Crippen molar-refractivity contribution in [1.82, 2.24) is 0 Å². The number of allylic oxidation sites excluding steroid dienone is 2. The van der Waals surface area contributed by atoms with Crippen LogP contribution < -0.4 is 0 Å². The monoisotopic (exact) mass is 108 g/mol. The lowest BCUT2D eigenvalue weighted by Gasteiger charge is -2.09. The minimum atomic E-state index is 0.229. The van der Waals surface area contributed by atoms with E-state index in [9.17, 15) is 0 Å². The van der Waals surface area contributed by atoms with E-state index in [1.807, 2.05) is 6.08 Å². The maximum Gasteiger partial charge on any atom is -0.0156 e. The molecule has 0 amide bonds. The Morgan fingerprint density at radius 3 is 2.00 bits per heavy atom. The van der Waals surface area contributed by atoms with E-state index in [1.165, 1.54) is 0 Å². The Kier molecular flexibility index (Phi) is 2.34. The number of terminal acetylenes is 1. The van der Waals surface area contributed by atoms with Crippen molar-refractivity contribution in [2.24, 2.45) is 5.41 Å². The highest BCUT2D eigenvalue weighted by atomic mass is 14.1. The molecule has 0 aliphatic carbocycles. The maximum atomic E-state index is 5.00. The van der Waals surface area contributed by atoms with E-state index in [1.54, 1.807) is 6.08 Å². The predicted molar refractivity (Wildman–Crippen MR) is 37.4 cm³/mol. The van der Waals surface area contributed by atoms with Crippen LogP contribution in [0.5, 0.6) is 0 Å². The minimum absolute atomic E-state index is 0.229. The van der Waals surface area contributed by atoms with Crippen LogP contribution in [0.1, 0.15) is 20.8 Å². The van der Waals surface area contributed by atoms with Gasteiger partial charge in [0.2, 0.25) is 0 Å². The molecule has 0 heterocycles. The van der Waals surface area contributed by atoms with E-state index in [0.717, 1.165) is 0 Å². The average molecular weight is 108 g/mol. The molecule has 0 unspecified atom stereocenters. The second kappa shape index (κ2) is 2.57. The quantitative estimate of drug-likeness (QED) is 0.417. The van der Waals surface area contributed by atoms with Gasteiger partial charge >= 0.3 is 0 Å². The fraction of sp³-hybridized carbons (Fsp3) is 0.500. The number of rotatable bonds is 0. The van der Waals surface area contributed by atoms with Crippen molar-refractivity contribution in [3.8, 4) is 12.3 Å². The van der Waals surface area contributed by atoms with Gasteiger partial charge in [0.1, 0.15) is 0 Å². The standard InChI is InChI=1S/C8H12/c1-5-6-7-8(2,3)4/h1,6-7H,2-4H3. The molecule has 0 saturated heterocycles. The molecule has 0 aromatic rings. The molecule has 0 aliphatic rings. The molecule has 0 atom stereocenters. The van der Waals surface area contributed by atoms with Crippen molar-refractivity contribution in [2.75, 3.05) is 0 Å². The number of hydrogen-bond donors (Lipinski definition) is 0. The van der Waals surface area contributed by atoms with Crippen LogP contribution in [0.2, 0.25) is 0 Å². The summed E-state index contributed by atoms with van der Waals surface area (Å²) in [6, 6.07) is 0. The van der Waals surface area contributed by atoms with Gasteiger partial charge in [-0.3, -0.25) is 0 Å². The van der Waals surface area contributed by atoms with Crippen LogP contribution in [0.15, 0.2) is 12.2 Å². The van der Waals surface area contributed by atoms with Gasteiger partial charge in [0.15, 0.2) is 0 Å². The second-order valence-electron chi connectivity index (χ2n) is 2.87. The molecule has 44 valence electrons. The van der Waals surface area contributed by atoms with Crippen LogP contribution in [0, 0.1) is 17.8 Å². The molecule has 0 aromatic carbocycles. The maximum absolute atomic E-state index is 5.00. The molecule has 0 aliphatic heterocycles. The van der Waals surface area contributed by atoms with E-state index in [2.05, 4.69) is 26.7 Å². The van der Waals surface area contributed by atoms with Gasteiger partial charge < -0.3 is 0 Å². The highest BCUT2D eigenvalue weighted by molar-refractivity contribution is 5.11. The zero-order valence-corrected chi connectivity index (χ0v) is 5.73.